The predicted molar refractivity (Wildman–Crippen MR) is 95.8 cm³/mol. The summed E-state index contributed by atoms with van der Waals surface area (Å²) in [5.74, 6) is 0. The minimum Gasteiger partial charge on any atom is -0.287 e. The highest BCUT2D eigenvalue weighted by atomic mass is 31.2. The molecule has 0 aromatic rings. The SMILES string of the molecule is CCCCCCCCCCCCCCCCOP1(=O)OCCO1. The molecule has 0 N–H and O–H groups in total. The van der Waals surface area contributed by atoms with Gasteiger partial charge in [-0.1, -0.05) is 90.4 Å². The van der Waals surface area contributed by atoms with E-state index >= 15 is 0 Å². The van der Waals surface area contributed by atoms with E-state index in [1.807, 2.05) is 0 Å². The van der Waals surface area contributed by atoms with E-state index in [-0.39, 0.29) is 0 Å². The standard InChI is InChI=1S/C18H37O4P/c1-2-3-4-5-6-7-8-9-10-11-12-13-14-15-16-20-23(19)21-17-18-22-23/h2-18H2,1H3. The maximum Gasteiger partial charge on any atom is 0.474 e. The Hall–Kier alpha value is 0.110. The van der Waals surface area contributed by atoms with Crippen molar-refractivity contribution in [3.05, 3.63) is 0 Å². The zero-order valence-corrected chi connectivity index (χ0v) is 16.0. The van der Waals surface area contributed by atoms with Gasteiger partial charge in [-0.3, -0.25) is 13.6 Å². The van der Waals surface area contributed by atoms with E-state index in [1.54, 1.807) is 0 Å². The molecule has 1 aliphatic rings. The van der Waals surface area contributed by atoms with Gasteiger partial charge in [-0.2, -0.15) is 0 Å². The molecular weight excluding hydrogens is 311 g/mol. The Morgan fingerprint density at radius 1 is 0.696 bits per heavy atom. The highest BCUT2D eigenvalue weighted by molar-refractivity contribution is 7.48. The van der Waals surface area contributed by atoms with Crippen molar-refractivity contribution in [3.8, 4) is 0 Å². The van der Waals surface area contributed by atoms with Gasteiger partial charge in [-0.05, 0) is 6.42 Å². The van der Waals surface area contributed by atoms with Gasteiger partial charge in [0.05, 0.1) is 19.8 Å². The van der Waals surface area contributed by atoms with Crippen molar-refractivity contribution in [2.75, 3.05) is 19.8 Å². The smallest absolute Gasteiger partial charge is 0.287 e. The Bertz CT molecular complexity index is 299. The normalized spacial score (nSPS) is 16.9. The molecule has 1 aliphatic heterocycles. The average molecular weight is 348 g/mol. The number of unbranched alkanes of at least 4 members (excludes halogenated alkanes) is 13. The van der Waals surface area contributed by atoms with E-state index in [4.69, 9.17) is 13.6 Å². The number of phosphoric ester groups is 1. The lowest BCUT2D eigenvalue weighted by Gasteiger charge is -2.09. The summed E-state index contributed by atoms with van der Waals surface area (Å²) in [6.07, 6.45) is 18.6. The van der Waals surface area contributed by atoms with Crippen LogP contribution in [0, 0.1) is 0 Å². The zero-order valence-electron chi connectivity index (χ0n) is 15.1. The molecule has 0 radical (unpaired) electrons. The summed E-state index contributed by atoms with van der Waals surface area (Å²) in [4.78, 5) is 0. The highest BCUT2D eigenvalue weighted by Gasteiger charge is 2.31. The van der Waals surface area contributed by atoms with Crippen LogP contribution in [-0.4, -0.2) is 19.8 Å². The molecule has 0 atom stereocenters. The second-order valence-electron chi connectivity index (χ2n) is 6.54. The van der Waals surface area contributed by atoms with Crippen LogP contribution in [0.1, 0.15) is 96.8 Å². The molecule has 0 aromatic heterocycles. The number of hydrogen-bond donors (Lipinski definition) is 0. The fourth-order valence-corrected chi connectivity index (χ4v) is 4.06. The van der Waals surface area contributed by atoms with Gasteiger partial charge in [0.1, 0.15) is 0 Å². The van der Waals surface area contributed by atoms with Gasteiger partial charge in [0, 0.05) is 0 Å². The fourth-order valence-electron chi connectivity index (χ4n) is 2.88. The minimum absolute atomic E-state index is 0.385. The van der Waals surface area contributed by atoms with Gasteiger partial charge in [0.15, 0.2) is 0 Å². The molecule has 0 saturated carbocycles. The summed E-state index contributed by atoms with van der Waals surface area (Å²) in [5, 5.41) is 0. The van der Waals surface area contributed by atoms with Crippen LogP contribution >= 0.6 is 7.82 Å². The van der Waals surface area contributed by atoms with E-state index in [2.05, 4.69) is 6.92 Å². The first-order valence-corrected chi connectivity index (χ1v) is 11.3. The van der Waals surface area contributed by atoms with Crippen molar-refractivity contribution in [2.24, 2.45) is 0 Å². The first-order chi connectivity index (χ1) is 11.3. The van der Waals surface area contributed by atoms with Crippen LogP contribution in [0.25, 0.3) is 0 Å². The Morgan fingerprint density at radius 2 is 1.09 bits per heavy atom. The molecule has 0 spiro atoms. The van der Waals surface area contributed by atoms with Gasteiger partial charge in [-0.15, -0.1) is 0 Å². The lowest BCUT2D eigenvalue weighted by Crippen LogP contribution is -1.93. The summed E-state index contributed by atoms with van der Waals surface area (Å²) in [7, 11) is -3.16. The molecule has 0 amide bonds. The lowest BCUT2D eigenvalue weighted by molar-refractivity contribution is 0.187. The van der Waals surface area contributed by atoms with Crippen molar-refractivity contribution in [1.82, 2.24) is 0 Å². The average Bonchev–Trinajstić information content (AvgIpc) is 2.98. The molecular formula is C18H37O4P. The first kappa shape index (κ1) is 21.2. The van der Waals surface area contributed by atoms with Crippen LogP contribution in [0.4, 0.5) is 0 Å². The predicted octanol–water partition coefficient (Wildman–Crippen LogP) is 6.64. The van der Waals surface area contributed by atoms with Crippen LogP contribution in [0.3, 0.4) is 0 Å². The summed E-state index contributed by atoms with van der Waals surface area (Å²) < 4.78 is 26.8. The van der Waals surface area contributed by atoms with E-state index in [0.717, 1.165) is 12.8 Å². The molecule has 1 fully saturated rings. The van der Waals surface area contributed by atoms with Crippen LogP contribution in [-0.2, 0) is 18.1 Å². The van der Waals surface area contributed by atoms with E-state index in [9.17, 15) is 4.57 Å². The first-order valence-electron chi connectivity index (χ1n) is 9.80. The summed E-state index contributed by atoms with van der Waals surface area (Å²) in [6, 6.07) is 0. The van der Waals surface area contributed by atoms with Gasteiger partial charge in [-0.25, -0.2) is 4.57 Å². The Morgan fingerprint density at radius 3 is 1.52 bits per heavy atom. The summed E-state index contributed by atoms with van der Waals surface area (Å²) >= 11 is 0. The van der Waals surface area contributed by atoms with Crippen molar-refractivity contribution in [3.63, 3.8) is 0 Å². The molecule has 0 unspecified atom stereocenters. The monoisotopic (exact) mass is 348 g/mol. The maximum atomic E-state index is 11.7. The van der Waals surface area contributed by atoms with Gasteiger partial charge in [0.25, 0.3) is 0 Å². The summed E-state index contributed by atoms with van der Waals surface area (Å²) in [5.41, 5.74) is 0. The molecule has 1 rings (SSSR count). The summed E-state index contributed by atoms with van der Waals surface area (Å²) in [6.45, 7) is 3.52. The largest absolute Gasteiger partial charge is 0.474 e. The third-order valence-corrected chi connectivity index (χ3v) is 5.83. The maximum absolute atomic E-state index is 11.7. The molecule has 0 aromatic carbocycles. The quantitative estimate of drug-likeness (QED) is 0.232. The van der Waals surface area contributed by atoms with E-state index in [1.165, 1.54) is 77.0 Å². The lowest BCUT2D eigenvalue weighted by atomic mass is 10.0. The zero-order chi connectivity index (χ0) is 16.6. The molecule has 0 aliphatic carbocycles. The highest BCUT2D eigenvalue weighted by Crippen LogP contribution is 2.52. The Balaban J connectivity index is 1.71. The fraction of sp³-hybridized carbons (Fsp3) is 1.00. The van der Waals surface area contributed by atoms with Crippen molar-refractivity contribution in [2.45, 2.75) is 96.8 Å². The topological polar surface area (TPSA) is 44.8 Å². The van der Waals surface area contributed by atoms with Crippen LogP contribution in [0.5, 0.6) is 0 Å². The second-order valence-corrected chi connectivity index (χ2v) is 8.21. The van der Waals surface area contributed by atoms with Crippen LogP contribution < -0.4 is 0 Å². The van der Waals surface area contributed by atoms with E-state index < -0.39 is 7.82 Å². The van der Waals surface area contributed by atoms with Gasteiger partial charge < -0.3 is 0 Å². The van der Waals surface area contributed by atoms with Crippen molar-refractivity contribution in [1.29, 1.82) is 0 Å². The van der Waals surface area contributed by atoms with Crippen LogP contribution in [0.15, 0.2) is 0 Å². The second kappa shape index (κ2) is 14.5. The number of rotatable bonds is 16. The molecule has 1 heterocycles. The molecule has 0 bridgehead atoms. The molecule has 4 nitrogen and oxygen atoms in total. The van der Waals surface area contributed by atoms with E-state index in [0.29, 0.717) is 19.8 Å². The van der Waals surface area contributed by atoms with Gasteiger partial charge >= 0.3 is 7.82 Å². The number of hydrogen-bond acceptors (Lipinski definition) is 4. The molecule has 23 heavy (non-hydrogen) atoms. The molecule has 138 valence electrons. The van der Waals surface area contributed by atoms with Gasteiger partial charge in [0.2, 0.25) is 0 Å². The minimum atomic E-state index is -3.16. The Kier molecular flexibility index (Phi) is 13.3. The van der Waals surface area contributed by atoms with Crippen molar-refractivity contribution < 1.29 is 18.1 Å². The van der Waals surface area contributed by atoms with Crippen molar-refractivity contribution >= 4 is 7.82 Å². The Labute approximate surface area is 143 Å². The molecule has 1 saturated heterocycles. The van der Waals surface area contributed by atoms with Crippen LogP contribution in [0.2, 0.25) is 0 Å². The molecule has 5 heteroatoms. The number of phosphoric acid groups is 1. The third-order valence-electron chi connectivity index (χ3n) is 4.33. The third kappa shape index (κ3) is 12.2.